The van der Waals surface area contributed by atoms with Gasteiger partial charge in [-0.1, -0.05) is 48.5 Å². The van der Waals surface area contributed by atoms with Gasteiger partial charge in [-0.2, -0.15) is 0 Å². The second kappa shape index (κ2) is 13.1. The molecule has 0 fully saturated rings. The lowest BCUT2D eigenvalue weighted by Crippen LogP contribution is -2.54. The number of fused-ring (bicyclic) bond motifs is 1. The first-order valence-electron chi connectivity index (χ1n) is 12.6. The standard InChI is InChI=1S/C30H27F4N3O4/c1-30(15-26(33)34,37-29(39)41-16-19-7-3-2-4-8-19)18-36-28(38)21-13-14-35-27-20(21)9-5-12-25(27)40-17-22-23(31)10-6-11-24(22)32/h2-14,26H,15-18H2,1H3,(H,36,38)(H,37,39). The largest absolute Gasteiger partial charge is 0.486 e. The van der Waals surface area contributed by atoms with Crippen LogP contribution in [0.4, 0.5) is 22.4 Å². The number of pyridine rings is 1. The van der Waals surface area contributed by atoms with Crippen LogP contribution in [0.25, 0.3) is 10.9 Å². The Kier molecular flexibility index (Phi) is 9.38. The Balaban J connectivity index is 1.46. The first kappa shape index (κ1) is 29.3. The molecule has 11 heteroatoms. The van der Waals surface area contributed by atoms with E-state index in [0.717, 1.165) is 17.7 Å². The van der Waals surface area contributed by atoms with Gasteiger partial charge in [0.2, 0.25) is 6.43 Å². The summed E-state index contributed by atoms with van der Waals surface area (Å²) in [5.41, 5.74) is -0.651. The molecule has 7 nitrogen and oxygen atoms in total. The highest BCUT2D eigenvalue weighted by Gasteiger charge is 2.32. The van der Waals surface area contributed by atoms with Gasteiger partial charge >= 0.3 is 6.09 Å². The van der Waals surface area contributed by atoms with E-state index in [1.165, 1.54) is 25.3 Å². The lowest BCUT2D eigenvalue weighted by Gasteiger charge is -2.30. The number of nitrogens with one attached hydrogen (secondary N) is 2. The predicted molar refractivity (Wildman–Crippen MR) is 144 cm³/mol. The molecule has 0 aliphatic rings. The van der Waals surface area contributed by atoms with E-state index in [9.17, 15) is 27.2 Å². The predicted octanol–water partition coefficient (Wildman–Crippen LogP) is 6.16. The Morgan fingerprint density at radius 3 is 2.34 bits per heavy atom. The molecule has 3 aromatic carbocycles. The van der Waals surface area contributed by atoms with Gasteiger partial charge in [-0.15, -0.1) is 0 Å². The summed E-state index contributed by atoms with van der Waals surface area (Å²) in [4.78, 5) is 29.8. The van der Waals surface area contributed by atoms with E-state index in [0.29, 0.717) is 5.39 Å². The summed E-state index contributed by atoms with van der Waals surface area (Å²) in [6.45, 7) is 0.583. The highest BCUT2D eigenvalue weighted by Crippen LogP contribution is 2.27. The van der Waals surface area contributed by atoms with Crippen molar-refractivity contribution >= 4 is 22.9 Å². The second-order valence-corrected chi connectivity index (χ2v) is 9.52. The van der Waals surface area contributed by atoms with Crippen molar-refractivity contribution in [3.63, 3.8) is 0 Å². The summed E-state index contributed by atoms with van der Waals surface area (Å²) in [6, 6.07) is 18.5. The number of aromatic nitrogens is 1. The minimum Gasteiger partial charge on any atom is -0.486 e. The van der Waals surface area contributed by atoms with Gasteiger partial charge in [0.25, 0.3) is 5.91 Å². The van der Waals surface area contributed by atoms with Crippen molar-refractivity contribution in [3.8, 4) is 5.75 Å². The second-order valence-electron chi connectivity index (χ2n) is 9.52. The number of carbonyl (C=O) groups is 2. The van der Waals surface area contributed by atoms with Crippen molar-refractivity contribution in [2.24, 2.45) is 0 Å². The molecule has 2 amide bonds. The van der Waals surface area contributed by atoms with Gasteiger partial charge in [0.1, 0.15) is 36.1 Å². The molecule has 1 heterocycles. The van der Waals surface area contributed by atoms with E-state index in [1.54, 1.807) is 48.5 Å². The fourth-order valence-electron chi connectivity index (χ4n) is 4.17. The number of amides is 2. The summed E-state index contributed by atoms with van der Waals surface area (Å²) in [5, 5.41) is 5.40. The molecule has 2 N–H and O–H groups in total. The quantitative estimate of drug-likeness (QED) is 0.211. The average molecular weight is 570 g/mol. The number of halogens is 4. The average Bonchev–Trinajstić information content (AvgIpc) is 2.94. The first-order valence-corrected chi connectivity index (χ1v) is 12.6. The van der Waals surface area contributed by atoms with E-state index in [4.69, 9.17) is 9.47 Å². The van der Waals surface area contributed by atoms with E-state index in [1.807, 2.05) is 0 Å². The Labute approximate surface area is 233 Å². The van der Waals surface area contributed by atoms with Crippen LogP contribution in [0.2, 0.25) is 0 Å². The Morgan fingerprint density at radius 2 is 1.63 bits per heavy atom. The Bertz CT molecular complexity index is 1500. The summed E-state index contributed by atoms with van der Waals surface area (Å²) in [7, 11) is 0. The van der Waals surface area contributed by atoms with Crippen molar-refractivity contribution < 1.29 is 36.6 Å². The van der Waals surface area contributed by atoms with Gasteiger partial charge < -0.3 is 20.1 Å². The third-order valence-electron chi connectivity index (χ3n) is 6.27. The number of alkyl carbamates (subject to hydrolysis) is 1. The van der Waals surface area contributed by atoms with E-state index >= 15 is 0 Å². The van der Waals surface area contributed by atoms with E-state index in [-0.39, 0.29) is 35.5 Å². The molecule has 0 spiro atoms. The monoisotopic (exact) mass is 569 g/mol. The zero-order valence-corrected chi connectivity index (χ0v) is 22.0. The Hall–Kier alpha value is -4.67. The minimum absolute atomic E-state index is 0.0548. The summed E-state index contributed by atoms with van der Waals surface area (Å²) in [6.07, 6.45) is -3.07. The minimum atomic E-state index is -2.77. The molecule has 41 heavy (non-hydrogen) atoms. The molecule has 4 aromatic rings. The third-order valence-corrected chi connectivity index (χ3v) is 6.27. The van der Waals surface area contributed by atoms with Crippen LogP contribution >= 0.6 is 0 Å². The zero-order valence-electron chi connectivity index (χ0n) is 22.0. The van der Waals surface area contributed by atoms with Crippen LogP contribution < -0.4 is 15.4 Å². The van der Waals surface area contributed by atoms with Crippen LogP contribution in [0.15, 0.2) is 79.0 Å². The highest BCUT2D eigenvalue weighted by molar-refractivity contribution is 6.07. The van der Waals surface area contributed by atoms with Crippen LogP contribution in [0.5, 0.6) is 5.75 Å². The Morgan fingerprint density at radius 1 is 0.927 bits per heavy atom. The van der Waals surface area contributed by atoms with Gasteiger partial charge in [-0.3, -0.25) is 9.78 Å². The van der Waals surface area contributed by atoms with Crippen LogP contribution in [0, 0.1) is 11.6 Å². The number of ether oxygens (including phenoxy) is 2. The zero-order chi connectivity index (χ0) is 29.4. The summed E-state index contributed by atoms with van der Waals surface area (Å²) in [5.74, 6) is -1.95. The summed E-state index contributed by atoms with van der Waals surface area (Å²) < 4.78 is 65.7. The molecule has 1 atom stereocenters. The lowest BCUT2D eigenvalue weighted by atomic mass is 9.97. The number of hydrogen-bond acceptors (Lipinski definition) is 5. The number of alkyl halides is 2. The van der Waals surface area contributed by atoms with Gasteiger partial charge in [0.15, 0.2) is 0 Å². The van der Waals surface area contributed by atoms with Crippen LogP contribution in [-0.2, 0) is 18.0 Å². The van der Waals surface area contributed by atoms with E-state index in [2.05, 4.69) is 15.6 Å². The number of nitrogens with zero attached hydrogens (tertiary/aromatic N) is 1. The van der Waals surface area contributed by atoms with Gasteiger partial charge in [-0.05, 0) is 36.8 Å². The maximum atomic E-state index is 14.0. The maximum absolute atomic E-state index is 14.0. The maximum Gasteiger partial charge on any atom is 0.407 e. The number of hydrogen-bond donors (Lipinski definition) is 2. The van der Waals surface area contributed by atoms with Crippen LogP contribution in [-0.4, -0.2) is 35.5 Å². The third kappa shape index (κ3) is 7.71. The van der Waals surface area contributed by atoms with Gasteiger partial charge in [-0.25, -0.2) is 22.4 Å². The molecule has 1 aromatic heterocycles. The first-order chi connectivity index (χ1) is 19.6. The van der Waals surface area contributed by atoms with E-state index < -0.39 is 48.6 Å². The molecule has 1 unspecified atom stereocenters. The van der Waals surface area contributed by atoms with Crippen molar-refractivity contribution in [2.75, 3.05) is 6.54 Å². The molecule has 0 saturated heterocycles. The smallest absolute Gasteiger partial charge is 0.407 e. The number of rotatable bonds is 11. The molecular weight excluding hydrogens is 542 g/mol. The molecule has 4 rings (SSSR count). The molecule has 0 aliphatic carbocycles. The molecular formula is C30H27F4N3O4. The van der Waals surface area contributed by atoms with Crippen molar-refractivity contribution in [1.82, 2.24) is 15.6 Å². The molecule has 0 bridgehead atoms. The normalized spacial score (nSPS) is 12.5. The number of benzene rings is 3. The van der Waals surface area contributed by atoms with Crippen molar-refractivity contribution in [3.05, 3.63) is 107 Å². The van der Waals surface area contributed by atoms with Crippen molar-refractivity contribution in [1.29, 1.82) is 0 Å². The van der Waals surface area contributed by atoms with Gasteiger partial charge in [0, 0.05) is 24.5 Å². The molecule has 0 aliphatic heterocycles. The van der Waals surface area contributed by atoms with Gasteiger partial charge in [0.05, 0.1) is 16.7 Å². The molecule has 214 valence electrons. The SMILES string of the molecule is CC(CNC(=O)c1ccnc2c(OCc3c(F)cccc3F)cccc12)(CC(F)F)NC(=O)OCc1ccccc1. The van der Waals surface area contributed by atoms with Crippen molar-refractivity contribution in [2.45, 2.75) is 38.5 Å². The molecule has 0 radical (unpaired) electrons. The number of carbonyl (C=O) groups excluding carboxylic acids is 2. The summed E-state index contributed by atoms with van der Waals surface area (Å²) >= 11 is 0. The topological polar surface area (TPSA) is 89.5 Å². The van der Waals surface area contributed by atoms with Crippen LogP contribution in [0.3, 0.4) is 0 Å². The number of para-hydroxylation sites is 1. The lowest BCUT2D eigenvalue weighted by molar-refractivity contribution is 0.0784. The fourth-order valence-corrected chi connectivity index (χ4v) is 4.17. The molecule has 0 saturated carbocycles. The fraction of sp³-hybridized carbons (Fsp3) is 0.233. The van der Waals surface area contributed by atoms with Crippen LogP contribution in [0.1, 0.15) is 34.8 Å². The highest BCUT2D eigenvalue weighted by atomic mass is 19.3.